The van der Waals surface area contributed by atoms with E-state index in [1.54, 1.807) is 0 Å². The van der Waals surface area contributed by atoms with Gasteiger partial charge in [0.1, 0.15) is 0 Å². The van der Waals surface area contributed by atoms with Crippen LogP contribution in [0.3, 0.4) is 0 Å². The number of nitrogens with two attached hydrogens (primary N) is 1. The maximum absolute atomic E-state index is 4.95. The monoisotopic (exact) mass is 161 g/mol. The minimum absolute atomic E-state index is 0.178. The van der Waals surface area contributed by atoms with Crippen molar-refractivity contribution < 1.29 is 0 Å². The third-order valence-electron chi connectivity index (χ3n) is 1.07. The Morgan fingerprint density at radius 2 is 1.82 bits per heavy atom. The lowest BCUT2D eigenvalue weighted by molar-refractivity contribution is 0.390. The molecular formula is C6H19N5. The molecule has 0 aliphatic carbocycles. The van der Waals surface area contributed by atoms with Gasteiger partial charge >= 0.3 is 0 Å². The molecule has 0 fully saturated rings. The summed E-state index contributed by atoms with van der Waals surface area (Å²) < 4.78 is 0. The topological polar surface area (TPSA) is 74.1 Å². The fraction of sp³-hybridized carbons (Fsp3) is 1.00. The molecule has 0 atom stereocenters. The molecule has 0 spiro atoms. The van der Waals surface area contributed by atoms with E-state index in [0.717, 1.165) is 13.1 Å². The van der Waals surface area contributed by atoms with Gasteiger partial charge in [-0.1, -0.05) is 0 Å². The Balaban J connectivity index is 3.02. The van der Waals surface area contributed by atoms with Gasteiger partial charge in [-0.2, -0.15) is 11.1 Å². The molecule has 0 saturated carbocycles. The molecule has 68 valence electrons. The van der Waals surface area contributed by atoms with Crippen LogP contribution < -0.4 is 27.7 Å². The molecule has 5 nitrogen and oxygen atoms in total. The summed E-state index contributed by atoms with van der Waals surface area (Å²) in [6.45, 7) is 8.10. The second-order valence-corrected chi connectivity index (χ2v) is 3.37. The first-order valence-electron chi connectivity index (χ1n) is 3.75. The molecule has 0 aromatic carbocycles. The van der Waals surface area contributed by atoms with Gasteiger partial charge in [0, 0.05) is 18.6 Å². The molecule has 0 rings (SSSR count). The Labute approximate surface area is 68.0 Å². The maximum atomic E-state index is 4.95. The molecule has 0 radical (unpaired) electrons. The van der Waals surface area contributed by atoms with Gasteiger partial charge in [0.2, 0.25) is 0 Å². The summed E-state index contributed by atoms with van der Waals surface area (Å²) in [4.78, 5) is 0. The highest BCUT2D eigenvalue weighted by molar-refractivity contribution is 4.69. The molecule has 0 aromatic rings. The lowest BCUT2D eigenvalue weighted by Crippen LogP contribution is -2.50. The highest BCUT2D eigenvalue weighted by atomic mass is 15.7. The summed E-state index contributed by atoms with van der Waals surface area (Å²) in [5.41, 5.74) is 7.89. The number of hydrogen-bond donors (Lipinski definition) is 5. The van der Waals surface area contributed by atoms with Crippen LogP contribution in [0.2, 0.25) is 0 Å². The van der Waals surface area contributed by atoms with Crippen molar-refractivity contribution in [1.82, 2.24) is 21.8 Å². The van der Waals surface area contributed by atoms with E-state index >= 15 is 0 Å². The van der Waals surface area contributed by atoms with Crippen molar-refractivity contribution in [2.75, 3.05) is 13.1 Å². The van der Waals surface area contributed by atoms with E-state index in [0.29, 0.717) is 0 Å². The second-order valence-electron chi connectivity index (χ2n) is 3.37. The number of nitrogens with one attached hydrogen (secondary N) is 4. The lowest BCUT2D eigenvalue weighted by atomic mass is 10.1. The zero-order valence-electron chi connectivity index (χ0n) is 7.49. The summed E-state index contributed by atoms with van der Waals surface area (Å²) in [6.07, 6.45) is 0. The molecule has 6 N–H and O–H groups in total. The summed E-state index contributed by atoms with van der Waals surface area (Å²) >= 11 is 0. The van der Waals surface area contributed by atoms with Gasteiger partial charge in [-0.15, -0.1) is 0 Å². The van der Waals surface area contributed by atoms with Gasteiger partial charge in [-0.3, -0.25) is 5.84 Å². The van der Waals surface area contributed by atoms with Gasteiger partial charge in [-0.05, 0) is 20.8 Å². The van der Waals surface area contributed by atoms with Crippen molar-refractivity contribution in [1.29, 1.82) is 0 Å². The van der Waals surface area contributed by atoms with Gasteiger partial charge in [0.05, 0.1) is 0 Å². The largest absolute Gasteiger partial charge is 0.311 e. The highest BCUT2D eigenvalue weighted by Gasteiger charge is 2.06. The predicted molar refractivity (Wildman–Crippen MR) is 46.2 cm³/mol. The van der Waals surface area contributed by atoms with Crippen molar-refractivity contribution in [3.05, 3.63) is 0 Å². The maximum Gasteiger partial charge on any atom is 0.0239 e. The van der Waals surface area contributed by atoms with Gasteiger partial charge < -0.3 is 5.32 Å². The summed E-state index contributed by atoms with van der Waals surface area (Å²) in [5.74, 6) is 4.95. The Morgan fingerprint density at radius 3 is 2.27 bits per heavy atom. The Morgan fingerprint density at radius 1 is 1.18 bits per heavy atom. The molecule has 0 aromatic heterocycles. The zero-order valence-corrected chi connectivity index (χ0v) is 7.49. The van der Waals surface area contributed by atoms with Crippen molar-refractivity contribution in [2.45, 2.75) is 26.3 Å². The van der Waals surface area contributed by atoms with Crippen LogP contribution in [-0.2, 0) is 0 Å². The fourth-order valence-electron chi connectivity index (χ4n) is 0.614. The number of hydrazine groups is 3. The first kappa shape index (κ1) is 10.8. The SMILES string of the molecule is CC(C)(C)NCCNNNN. The van der Waals surface area contributed by atoms with Crippen molar-refractivity contribution in [3.63, 3.8) is 0 Å². The van der Waals surface area contributed by atoms with E-state index in [9.17, 15) is 0 Å². The van der Waals surface area contributed by atoms with E-state index in [2.05, 4.69) is 42.6 Å². The molecule has 0 unspecified atom stereocenters. The highest BCUT2D eigenvalue weighted by Crippen LogP contribution is 1.95. The quantitative estimate of drug-likeness (QED) is 0.200. The smallest absolute Gasteiger partial charge is 0.0239 e. The summed E-state index contributed by atoms with van der Waals surface area (Å²) in [6, 6.07) is 0. The first-order chi connectivity index (χ1) is 5.06. The zero-order chi connectivity index (χ0) is 8.74. The van der Waals surface area contributed by atoms with Crippen LogP contribution in [0.1, 0.15) is 20.8 Å². The molecule has 0 bridgehead atoms. The van der Waals surface area contributed by atoms with Crippen LogP contribution in [0.15, 0.2) is 0 Å². The van der Waals surface area contributed by atoms with Gasteiger partial charge in [0.15, 0.2) is 0 Å². The van der Waals surface area contributed by atoms with Crippen LogP contribution in [0.25, 0.3) is 0 Å². The molecular weight excluding hydrogens is 142 g/mol. The van der Waals surface area contributed by atoms with E-state index in [4.69, 9.17) is 5.84 Å². The van der Waals surface area contributed by atoms with E-state index in [1.807, 2.05) is 0 Å². The Kier molecular flexibility index (Phi) is 5.35. The minimum Gasteiger partial charge on any atom is -0.311 e. The van der Waals surface area contributed by atoms with Crippen molar-refractivity contribution in [2.24, 2.45) is 5.84 Å². The van der Waals surface area contributed by atoms with Crippen LogP contribution in [-0.4, -0.2) is 18.6 Å². The second kappa shape index (κ2) is 5.45. The summed E-state index contributed by atoms with van der Waals surface area (Å²) in [7, 11) is 0. The predicted octanol–water partition coefficient (Wildman–Crippen LogP) is -1.15. The molecule has 0 saturated heterocycles. The first-order valence-corrected chi connectivity index (χ1v) is 3.75. The third kappa shape index (κ3) is 9.80. The van der Waals surface area contributed by atoms with Crippen LogP contribution in [0, 0.1) is 0 Å². The van der Waals surface area contributed by atoms with Gasteiger partial charge in [0.25, 0.3) is 0 Å². The normalized spacial score (nSPS) is 12.0. The molecule has 11 heavy (non-hydrogen) atoms. The standard InChI is InChI=1S/C6H19N5/c1-6(2,3)8-4-5-9-11-10-7/h8-11H,4-5,7H2,1-3H3. The van der Waals surface area contributed by atoms with E-state index in [-0.39, 0.29) is 5.54 Å². The van der Waals surface area contributed by atoms with Crippen LogP contribution in [0.4, 0.5) is 0 Å². The van der Waals surface area contributed by atoms with E-state index in [1.165, 1.54) is 0 Å². The molecule has 0 heterocycles. The molecule has 5 heteroatoms. The minimum atomic E-state index is 0.178. The van der Waals surface area contributed by atoms with Crippen LogP contribution in [0.5, 0.6) is 0 Å². The van der Waals surface area contributed by atoms with Crippen molar-refractivity contribution >= 4 is 0 Å². The lowest BCUT2D eigenvalue weighted by Gasteiger charge is -2.20. The number of rotatable bonds is 5. The molecule has 0 aliphatic rings. The van der Waals surface area contributed by atoms with Crippen molar-refractivity contribution in [3.8, 4) is 0 Å². The Bertz CT molecular complexity index is 87.5. The van der Waals surface area contributed by atoms with E-state index < -0.39 is 0 Å². The van der Waals surface area contributed by atoms with Gasteiger partial charge in [-0.25, -0.2) is 5.43 Å². The molecule has 0 aliphatic heterocycles. The molecule has 0 amide bonds. The average molecular weight is 161 g/mol. The summed E-state index contributed by atoms with van der Waals surface area (Å²) in [5, 5.41) is 3.31. The number of hydrogen-bond acceptors (Lipinski definition) is 5. The Hall–Kier alpha value is -0.200. The average Bonchev–Trinajstić information content (AvgIpc) is 1.85. The van der Waals surface area contributed by atoms with Crippen LogP contribution >= 0.6 is 0 Å². The third-order valence-corrected chi connectivity index (χ3v) is 1.07. The fourth-order valence-corrected chi connectivity index (χ4v) is 0.614.